The molecule has 0 radical (unpaired) electrons. The van der Waals surface area contributed by atoms with E-state index in [2.05, 4.69) is 0 Å². The van der Waals surface area contributed by atoms with Gasteiger partial charge < -0.3 is 5.11 Å². The Morgan fingerprint density at radius 1 is 1.35 bits per heavy atom. The van der Waals surface area contributed by atoms with Crippen molar-refractivity contribution in [3.8, 4) is 0 Å². The van der Waals surface area contributed by atoms with Crippen molar-refractivity contribution >= 4 is 20.1 Å². The van der Waals surface area contributed by atoms with Crippen LogP contribution in [0.2, 0.25) is 0 Å². The van der Waals surface area contributed by atoms with E-state index < -0.39 is 32.3 Å². The third-order valence-electron chi connectivity index (χ3n) is 2.58. The monoisotopic (exact) mass is 287 g/mol. The summed E-state index contributed by atoms with van der Waals surface area (Å²) in [5, 5.41) is 9.67. The highest BCUT2D eigenvalue weighted by Crippen LogP contribution is 2.18. The number of piperidine rings is 1. The Morgan fingerprint density at radius 2 is 1.94 bits per heavy atom. The number of sulfonamides is 1. The van der Waals surface area contributed by atoms with Gasteiger partial charge in [0, 0.05) is 13.1 Å². The summed E-state index contributed by atoms with van der Waals surface area (Å²) in [6.45, 7) is 1.45. The maximum absolute atomic E-state index is 11.2. The van der Waals surface area contributed by atoms with Crippen LogP contribution in [0.25, 0.3) is 0 Å². The molecule has 1 fully saturated rings. The Labute approximate surface area is 102 Å². The predicted octanol–water partition coefficient (Wildman–Crippen LogP) is -1.25. The minimum atomic E-state index is -3.63. The summed E-state index contributed by atoms with van der Waals surface area (Å²) < 4.78 is 50.8. The first kappa shape index (κ1) is 14.8. The van der Waals surface area contributed by atoms with Crippen LogP contribution in [-0.4, -0.2) is 63.6 Å². The lowest BCUT2D eigenvalue weighted by Crippen LogP contribution is -2.50. The molecule has 9 heteroatoms. The zero-order chi connectivity index (χ0) is 13.3. The molecule has 2 unspecified atom stereocenters. The fourth-order valence-electron chi connectivity index (χ4n) is 1.55. The molecule has 0 aromatic heterocycles. The molecule has 1 aliphatic rings. The first-order chi connectivity index (χ1) is 7.65. The van der Waals surface area contributed by atoms with Crippen molar-refractivity contribution in [3.63, 3.8) is 0 Å². The van der Waals surface area contributed by atoms with E-state index in [1.54, 1.807) is 0 Å². The van der Waals surface area contributed by atoms with Crippen molar-refractivity contribution in [2.75, 3.05) is 25.1 Å². The number of aliphatic hydroxyl groups excluding tert-OH is 1. The molecule has 1 rings (SSSR count). The molecule has 0 aromatic carbocycles. The summed E-state index contributed by atoms with van der Waals surface area (Å²) in [4.78, 5) is 0. The molecule has 0 aliphatic carbocycles. The van der Waals surface area contributed by atoms with Crippen molar-refractivity contribution in [2.24, 2.45) is 0 Å². The number of nitrogens with zero attached hydrogens (tertiary/aromatic N) is 1. The standard InChI is InChI=1S/C8H17NO6S2/c1-3-17(13,14)15-8-4-5-9(6-7(8)10)16(2,11)12/h7-8,10H,3-6H2,1-2H3. The van der Waals surface area contributed by atoms with Crippen LogP contribution in [0.1, 0.15) is 13.3 Å². The quantitative estimate of drug-likeness (QED) is 0.648. The minimum Gasteiger partial charge on any atom is -0.389 e. The van der Waals surface area contributed by atoms with Crippen LogP contribution >= 0.6 is 0 Å². The number of aliphatic hydroxyl groups is 1. The molecule has 1 N–H and O–H groups in total. The topological polar surface area (TPSA) is 101 Å². The average molecular weight is 287 g/mol. The van der Waals surface area contributed by atoms with E-state index in [1.165, 1.54) is 6.92 Å². The molecule has 2 atom stereocenters. The van der Waals surface area contributed by atoms with Gasteiger partial charge in [0.05, 0.1) is 18.1 Å². The molecular formula is C8H17NO6S2. The van der Waals surface area contributed by atoms with E-state index in [0.29, 0.717) is 0 Å². The van der Waals surface area contributed by atoms with Crippen molar-refractivity contribution in [1.82, 2.24) is 4.31 Å². The second-order valence-corrected chi connectivity index (χ2v) is 7.83. The summed E-state index contributed by atoms with van der Waals surface area (Å²) in [5.74, 6) is -0.175. The van der Waals surface area contributed by atoms with E-state index in [9.17, 15) is 21.9 Å². The second kappa shape index (κ2) is 5.19. The highest BCUT2D eigenvalue weighted by molar-refractivity contribution is 7.88. The Morgan fingerprint density at radius 3 is 2.35 bits per heavy atom. The first-order valence-electron chi connectivity index (χ1n) is 5.20. The van der Waals surface area contributed by atoms with Crippen molar-refractivity contribution in [2.45, 2.75) is 25.6 Å². The van der Waals surface area contributed by atoms with Crippen LogP contribution in [0.3, 0.4) is 0 Å². The van der Waals surface area contributed by atoms with Crippen LogP contribution in [0, 0.1) is 0 Å². The Kier molecular flexibility index (Phi) is 4.53. The Bertz CT molecular complexity index is 456. The zero-order valence-corrected chi connectivity index (χ0v) is 11.4. The highest BCUT2D eigenvalue weighted by Gasteiger charge is 2.34. The lowest BCUT2D eigenvalue weighted by Gasteiger charge is -2.33. The van der Waals surface area contributed by atoms with Gasteiger partial charge in [0.1, 0.15) is 6.10 Å². The molecule has 1 heterocycles. The van der Waals surface area contributed by atoms with Gasteiger partial charge in [-0.2, -0.15) is 12.7 Å². The summed E-state index contributed by atoms with van der Waals surface area (Å²) in [7, 11) is -7.00. The highest BCUT2D eigenvalue weighted by atomic mass is 32.2. The molecule has 1 aliphatic heterocycles. The molecular weight excluding hydrogens is 270 g/mol. The van der Waals surface area contributed by atoms with Gasteiger partial charge in [-0.1, -0.05) is 0 Å². The van der Waals surface area contributed by atoms with Gasteiger partial charge in [-0.25, -0.2) is 8.42 Å². The molecule has 0 aromatic rings. The lowest BCUT2D eigenvalue weighted by atomic mass is 10.1. The first-order valence-corrected chi connectivity index (χ1v) is 8.62. The fraction of sp³-hybridized carbons (Fsp3) is 1.00. The molecule has 0 amide bonds. The summed E-state index contributed by atoms with van der Waals surface area (Å²) in [5.41, 5.74) is 0. The number of hydrogen-bond acceptors (Lipinski definition) is 6. The molecule has 7 nitrogen and oxygen atoms in total. The normalized spacial score (nSPS) is 28.2. The summed E-state index contributed by atoms with van der Waals surface area (Å²) >= 11 is 0. The van der Waals surface area contributed by atoms with E-state index in [0.717, 1.165) is 10.6 Å². The molecule has 1 saturated heterocycles. The summed E-state index contributed by atoms with van der Waals surface area (Å²) in [6.07, 6.45) is -0.783. The van der Waals surface area contributed by atoms with Gasteiger partial charge in [-0.05, 0) is 13.3 Å². The average Bonchev–Trinajstić information content (AvgIpc) is 2.19. The van der Waals surface area contributed by atoms with E-state index >= 15 is 0 Å². The predicted molar refractivity (Wildman–Crippen MR) is 61.4 cm³/mol. The van der Waals surface area contributed by atoms with Crippen molar-refractivity contribution < 1.29 is 26.1 Å². The van der Waals surface area contributed by atoms with Gasteiger partial charge in [0.25, 0.3) is 10.1 Å². The molecule has 0 spiro atoms. The maximum atomic E-state index is 11.2. The number of β-amino-alcohol motifs (C(OH)–C–C–N with tert-alkyl or cyclic N) is 1. The molecule has 17 heavy (non-hydrogen) atoms. The molecule has 0 saturated carbocycles. The number of rotatable bonds is 4. The van der Waals surface area contributed by atoms with Crippen molar-refractivity contribution in [3.05, 3.63) is 0 Å². The van der Waals surface area contributed by atoms with Crippen LogP contribution < -0.4 is 0 Å². The van der Waals surface area contributed by atoms with E-state index in [-0.39, 0.29) is 25.3 Å². The SMILES string of the molecule is CCS(=O)(=O)OC1CCN(S(C)(=O)=O)CC1O. The third kappa shape index (κ3) is 4.18. The fourth-order valence-corrected chi connectivity index (χ4v) is 3.15. The van der Waals surface area contributed by atoms with Gasteiger partial charge in [-0.3, -0.25) is 4.18 Å². The van der Waals surface area contributed by atoms with Gasteiger partial charge in [0.15, 0.2) is 0 Å². The third-order valence-corrected chi connectivity index (χ3v) is 5.09. The van der Waals surface area contributed by atoms with Gasteiger partial charge in [0.2, 0.25) is 10.0 Å². The van der Waals surface area contributed by atoms with Crippen LogP contribution in [0.4, 0.5) is 0 Å². The van der Waals surface area contributed by atoms with Crippen molar-refractivity contribution in [1.29, 1.82) is 0 Å². The van der Waals surface area contributed by atoms with Crippen LogP contribution in [0.5, 0.6) is 0 Å². The smallest absolute Gasteiger partial charge is 0.267 e. The Hall–Kier alpha value is -0.220. The van der Waals surface area contributed by atoms with Crippen LogP contribution in [-0.2, 0) is 24.3 Å². The Balaban J connectivity index is 2.67. The maximum Gasteiger partial charge on any atom is 0.267 e. The lowest BCUT2D eigenvalue weighted by molar-refractivity contribution is -0.00103. The van der Waals surface area contributed by atoms with E-state index in [1.807, 2.05) is 0 Å². The molecule has 102 valence electrons. The minimum absolute atomic E-state index is 0.136. The largest absolute Gasteiger partial charge is 0.389 e. The second-order valence-electron chi connectivity index (χ2n) is 3.96. The van der Waals surface area contributed by atoms with E-state index in [4.69, 9.17) is 4.18 Å². The summed E-state index contributed by atoms with van der Waals surface area (Å²) in [6, 6.07) is 0. The van der Waals surface area contributed by atoms with Gasteiger partial charge >= 0.3 is 0 Å². The van der Waals surface area contributed by atoms with Gasteiger partial charge in [-0.15, -0.1) is 0 Å². The zero-order valence-electron chi connectivity index (χ0n) is 9.74. The van der Waals surface area contributed by atoms with Crippen LogP contribution in [0.15, 0.2) is 0 Å². The molecule has 0 bridgehead atoms. The number of hydrogen-bond donors (Lipinski definition) is 1.